The van der Waals surface area contributed by atoms with E-state index in [1.807, 2.05) is 0 Å². The van der Waals surface area contributed by atoms with Gasteiger partial charge in [0.15, 0.2) is 0 Å². The minimum atomic E-state index is -0.621. The van der Waals surface area contributed by atoms with Crippen LogP contribution < -0.4 is 5.32 Å². The van der Waals surface area contributed by atoms with E-state index in [1.165, 1.54) is 0 Å². The zero-order chi connectivity index (χ0) is 12.3. The van der Waals surface area contributed by atoms with Crippen molar-refractivity contribution >= 4 is 37.8 Å². The third-order valence-corrected chi connectivity index (χ3v) is 3.17. The molecule has 16 heavy (non-hydrogen) atoms. The van der Waals surface area contributed by atoms with Crippen molar-refractivity contribution in [3.63, 3.8) is 0 Å². The fourth-order valence-corrected chi connectivity index (χ4v) is 2.31. The number of aliphatic hydroxyl groups excluding tert-OH is 1. The Hall–Kier alpha value is -0.390. The van der Waals surface area contributed by atoms with Gasteiger partial charge in [-0.15, -0.1) is 0 Å². The minimum Gasteiger partial charge on any atom is -0.394 e. The van der Waals surface area contributed by atoms with Gasteiger partial charge in [0.05, 0.1) is 17.7 Å². The summed E-state index contributed by atoms with van der Waals surface area (Å²) in [4.78, 5) is 11.9. The van der Waals surface area contributed by atoms with Crippen LogP contribution in [-0.4, -0.2) is 23.2 Å². The Kier molecular flexibility index (Phi) is 4.52. The molecule has 3 nitrogen and oxygen atoms in total. The van der Waals surface area contributed by atoms with Gasteiger partial charge in [-0.2, -0.15) is 0 Å². The quantitative estimate of drug-likeness (QED) is 0.880. The molecule has 0 aliphatic rings. The molecule has 0 radical (unpaired) electrons. The molecule has 0 saturated carbocycles. The molecule has 0 unspecified atom stereocenters. The summed E-state index contributed by atoms with van der Waals surface area (Å²) in [6.07, 6.45) is 0. The number of nitrogens with one attached hydrogen (secondary N) is 1. The lowest BCUT2D eigenvalue weighted by Crippen LogP contribution is -2.46. The summed E-state index contributed by atoms with van der Waals surface area (Å²) < 4.78 is 1.62. The van der Waals surface area contributed by atoms with Gasteiger partial charge in [-0.25, -0.2) is 0 Å². The molecule has 1 amide bonds. The zero-order valence-corrected chi connectivity index (χ0v) is 12.2. The molecule has 0 saturated heterocycles. The molecular weight excluding hydrogens is 338 g/mol. The molecule has 0 fully saturated rings. The van der Waals surface area contributed by atoms with E-state index in [2.05, 4.69) is 37.2 Å². The first kappa shape index (κ1) is 13.7. The SMILES string of the molecule is CC(C)(CO)NC(=O)c1ccc(Br)cc1Br. The molecule has 88 valence electrons. The van der Waals surface area contributed by atoms with Crippen molar-refractivity contribution in [1.82, 2.24) is 5.32 Å². The summed E-state index contributed by atoms with van der Waals surface area (Å²) in [6.45, 7) is 3.42. The van der Waals surface area contributed by atoms with E-state index in [1.54, 1.807) is 32.0 Å². The fourth-order valence-electron chi connectivity index (χ4n) is 1.09. The maximum absolute atomic E-state index is 11.9. The van der Waals surface area contributed by atoms with Crippen LogP contribution in [0.2, 0.25) is 0 Å². The van der Waals surface area contributed by atoms with Gasteiger partial charge in [0.1, 0.15) is 0 Å². The highest BCUT2D eigenvalue weighted by atomic mass is 79.9. The van der Waals surface area contributed by atoms with Gasteiger partial charge in [0.2, 0.25) is 0 Å². The number of rotatable bonds is 3. The second-order valence-electron chi connectivity index (χ2n) is 4.12. The van der Waals surface area contributed by atoms with Crippen molar-refractivity contribution < 1.29 is 9.90 Å². The number of hydrogen-bond donors (Lipinski definition) is 2. The van der Waals surface area contributed by atoms with E-state index in [0.717, 1.165) is 4.47 Å². The molecule has 5 heteroatoms. The molecule has 2 N–H and O–H groups in total. The molecule has 0 bridgehead atoms. The molecule has 0 atom stereocenters. The van der Waals surface area contributed by atoms with Crippen LogP contribution in [0.3, 0.4) is 0 Å². The normalized spacial score (nSPS) is 11.3. The Morgan fingerprint density at radius 1 is 1.44 bits per heavy atom. The number of carbonyl (C=O) groups is 1. The minimum absolute atomic E-state index is 0.104. The van der Waals surface area contributed by atoms with Crippen molar-refractivity contribution in [2.75, 3.05) is 6.61 Å². The van der Waals surface area contributed by atoms with Gasteiger partial charge in [0.25, 0.3) is 5.91 Å². The number of carbonyl (C=O) groups excluding carboxylic acids is 1. The predicted molar refractivity (Wildman–Crippen MR) is 70.5 cm³/mol. The third kappa shape index (κ3) is 3.57. The smallest absolute Gasteiger partial charge is 0.252 e. The lowest BCUT2D eigenvalue weighted by molar-refractivity contribution is 0.0868. The van der Waals surface area contributed by atoms with Gasteiger partial charge in [-0.05, 0) is 48.0 Å². The highest BCUT2D eigenvalue weighted by molar-refractivity contribution is 9.11. The lowest BCUT2D eigenvalue weighted by Gasteiger charge is -2.23. The first-order valence-corrected chi connectivity index (χ1v) is 6.33. The maximum atomic E-state index is 11.9. The summed E-state index contributed by atoms with van der Waals surface area (Å²) in [5, 5.41) is 11.8. The van der Waals surface area contributed by atoms with Crippen LogP contribution in [0.1, 0.15) is 24.2 Å². The summed E-state index contributed by atoms with van der Waals surface area (Å²) in [5.41, 5.74) is -0.0754. The van der Waals surface area contributed by atoms with Crippen molar-refractivity contribution in [2.24, 2.45) is 0 Å². The van der Waals surface area contributed by atoms with Crippen LogP contribution in [0.5, 0.6) is 0 Å². The number of aliphatic hydroxyl groups is 1. The van der Waals surface area contributed by atoms with Crippen LogP contribution in [-0.2, 0) is 0 Å². The highest BCUT2D eigenvalue weighted by Crippen LogP contribution is 2.22. The standard InChI is InChI=1S/C11H13Br2NO2/c1-11(2,6-15)14-10(16)8-4-3-7(12)5-9(8)13/h3-5,15H,6H2,1-2H3,(H,14,16). The van der Waals surface area contributed by atoms with Crippen LogP contribution in [0.4, 0.5) is 0 Å². The number of benzene rings is 1. The van der Waals surface area contributed by atoms with Gasteiger partial charge in [0, 0.05) is 8.95 Å². The third-order valence-electron chi connectivity index (χ3n) is 2.02. The van der Waals surface area contributed by atoms with Crippen LogP contribution in [0.15, 0.2) is 27.1 Å². The number of hydrogen-bond acceptors (Lipinski definition) is 2. The molecule has 0 aromatic heterocycles. The fraction of sp³-hybridized carbons (Fsp3) is 0.364. The average Bonchev–Trinajstić information content (AvgIpc) is 2.16. The van der Waals surface area contributed by atoms with Crippen LogP contribution in [0.25, 0.3) is 0 Å². The maximum Gasteiger partial charge on any atom is 0.252 e. The first-order valence-electron chi connectivity index (χ1n) is 4.74. The van der Waals surface area contributed by atoms with E-state index >= 15 is 0 Å². The van der Waals surface area contributed by atoms with Gasteiger partial charge in [-0.3, -0.25) is 4.79 Å². The zero-order valence-electron chi connectivity index (χ0n) is 9.05. The second kappa shape index (κ2) is 5.29. The summed E-state index contributed by atoms with van der Waals surface area (Å²) in [7, 11) is 0. The van der Waals surface area contributed by atoms with E-state index < -0.39 is 5.54 Å². The van der Waals surface area contributed by atoms with Crippen molar-refractivity contribution in [2.45, 2.75) is 19.4 Å². The largest absolute Gasteiger partial charge is 0.394 e. The summed E-state index contributed by atoms with van der Waals surface area (Å²) in [6, 6.07) is 5.32. The van der Waals surface area contributed by atoms with Crippen molar-refractivity contribution in [1.29, 1.82) is 0 Å². The number of halogens is 2. The Morgan fingerprint density at radius 3 is 2.56 bits per heavy atom. The monoisotopic (exact) mass is 349 g/mol. The van der Waals surface area contributed by atoms with Gasteiger partial charge in [-0.1, -0.05) is 15.9 Å². The van der Waals surface area contributed by atoms with E-state index in [0.29, 0.717) is 10.0 Å². The van der Waals surface area contributed by atoms with E-state index in [-0.39, 0.29) is 12.5 Å². The molecule has 0 aliphatic carbocycles. The Balaban J connectivity index is 2.89. The first-order chi connectivity index (χ1) is 7.35. The highest BCUT2D eigenvalue weighted by Gasteiger charge is 2.21. The summed E-state index contributed by atoms with van der Waals surface area (Å²) in [5.74, 6) is -0.210. The predicted octanol–water partition coefficient (Wildman–Crippen LogP) is 2.71. The Bertz CT molecular complexity index is 405. The molecule has 0 spiro atoms. The number of amides is 1. The molecule has 1 aromatic rings. The van der Waals surface area contributed by atoms with Gasteiger partial charge < -0.3 is 10.4 Å². The van der Waals surface area contributed by atoms with Crippen LogP contribution >= 0.6 is 31.9 Å². The van der Waals surface area contributed by atoms with Crippen molar-refractivity contribution in [3.05, 3.63) is 32.7 Å². The second-order valence-corrected chi connectivity index (χ2v) is 5.89. The molecular formula is C11H13Br2NO2. The molecule has 1 aromatic carbocycles. The lowest BCUT2D eigenvalue weighted by atomic mass is 10.1. The topological polar surface area (TPSA) is 49.3 Å². The Labute approximate surface area is 111 Å². The van der Waals surface area contributed by atoms with Gasteiger partial charge >= 0.3 is 0 Å². The van der Waals surface area contributed by atoms with E-state index in [9.17, 15) is 4.79 Å². The van der Waals surface area contributed by atoms with Crippen molar-refractivity contribution in [3.8, 4) is 0 Å². The average molecular weight is 351 g/mol. The molecule has 0 heterocycles. The van der Waals surface area contributed by atoms with E-state index in [4.69, 9.17) is 5.11 Å². The summed E-state index contributed by atoms with van der Waals surface area (Å²) >= 11 is 6.64. The Morgan fingerprint density at radius 2 is 2.06 bits per heavy atom. The van der Waals surface area contributed by atoms with Crippen LogP contribution in [0, 0.1) is 0 Å². The molecule has 1 rings (SSSR count). The molecule has 0 aliphatic heterocycles.